The molecule has 0 aliphatic rings. The maximum absolute atomic E-state index is 10.8. The summed E-state index contributed by atoms with van der Waals surface area (Å²) in [6.45, 7) is 4.15. The van der Waals surface area contributed by atoms with Crippen LogP contribution in [-0.4, -0.2) is 23.2 Å². The van der Waals surface area contributed by atoms with E-state index in [-0.39, 0.29) is 12.3 Å². The molecule has 0 fully saturated rings. The number of aryl methyl sites for hydroxylation is 1. The van der Waals surface area contributed by atoms with E-state index in [9.17, 15) is 4.79 Å². The Labute approximate surface area is 128 Å². The molecular formula is C16H19NO3S. The van der Waals surface area contributed by atoms with Crippen LogP contribution in [0.2, 0.25) is 0 Å². The van der Waals surface area contributed by atoms with Gasteiger partial charge in [0.05, 0.1) is 24.8 Å². The van der Waals surface area contributed by atoms with Crippen molar-refractivity contribution in [2.75, 3.05) is 7.11 Å². The van der Waals surface area contributed by atoms with Crippen molar-refractivity contribution in [2.45, 2.75) is 32.6 Å². The van der Waals surface area contributed by atoms with E-state index in [1.54, 1.807) is 18.4 Å². The van der Waals surface area contributed by atoms with E-state index in [1.807, 2.05) is 24.3 Å². The molecule has 5 heteroatoms. The predicted molar refractivity (Wildman–Crippen MR) is 84.1 cm³/mol. The van der Waals surface area contributed by atoms with Gasteiger partial charge >= 0.3 is 5.97 Å². The summed E-state index contributed by atoms with van der Waals surface area (Å²) in [4.78, 5) is 16.6. The number of hydrogen-bond donors (Lipinski definition) is 1. The number of benzene rings is 1. The number of aromatic nitrogens is 1. The van der Waals surface area contributed by atoms with Gasteiger partial charge in [0, 0.05) is 4.88 Å². The molecule has 2 aromatic rings. The van der Waals surface area contributed by atoms with Crippen LogP contribution in [-0.2, 0) is 11.2 Å². The van der Waals surface area contributed by atoms with Crippen LogP contribution >= 0.6 is 11.3 Å². The lowest BCUT2D eigenvalue weighted by atomic mass is 10.1. The number of aliphatic carboxylic acids is 1. The van der Waals surface area contributed by atoms with Crippen LogP contribution in [0.3, 0.4) is 0 Å². The lowest BCUT2D eigenvalue weighted by Gasteiger charge is -2.05. The van der Waals surface area contributed by atoms with Crippen molar-refractivity contribution in [3.63, 3.8) is 0 Å². The van der Waals surface area contributed by atoms with Gasteiger partial charge in [-0.1, -0.05) is 26.0 Å². The van der Waals surface area contributed by atoms with E-state index in [2.05, 4.69) is 13.8 Å². The molecule has 1 N–H and O–H groups in total. The molecule has 0 radical (unpaired) electrons. The Morgan fingerprint density at radius 2 is 2.10 bits per heavy atom. The third-order valence-corrected chi connectivity index (χ3v) is 4.34. The number of carboxylic acids is 1. The molecule has 0 saturated carbocycles. The second-order valence-corrected chi connectivity index (χ2v) is 6.16. The zero-order chi connectivity index (χ0) is 15.4. The first-order chi connectivity index (χ1) is 10.0. The molecule has 0 saturated heterocycles. The molecule has 0 aliphatic carbocycles. The monoisotopic (exact) mass is 305 g/mol. The van der Waals surface area contributed by atoms with E-state index < -0.39 is 5.97 Å². The molecule has 0 amide bonds. The second kappa shape index (κ2) is 6.72. The number of carboxylic acid groups (broad SMARTS) is 1. The zero-order valence-electron chi connectivity index (χ0n) is 12.4. The van der Waals surface area contributed by atoms with Crippen molar-refractivity contribution in [1.82, 2.24) is 4.98 Å². The van der Waals surface area contributed by atoms with Gasteiger partial charge in [-0.05, 0) is 24.5 Å². The Bertz CT molecular complexity index is 634. The highest BCUT2D eigenvalue weighted by Gasteiger charge is 2.17. The number of ether oxygens (including phenoxy) is 1. The summed E-state index contributed by atoms with van der Waals surface area (Å²) in [6.07, 6.45) is 0.656. The Kier molecular flexibility index (Phi) is 4.96. The molecule has 0 atom stereocenters. The summed E-state index contributed by atoms with van der Waals surface area (Å²) in [5.41, 5.74) is 1.94. The maximum atomic E-state index is 10.8. The average molecular weight is 305 g/mol. The Balaban J connectivity index is 2.41. The minimum Gasteiger partial charge on any atom is -0.496 e. The summed E-state index contributed by atoms with van der Waals surface area (Å²) in [5, 5.41) is 9.76. The molecule has 0 spiro atoms. The summed E-state index contributed by atoms with van der Waals surface area (Å²) in [5.74, 6) is 0.275. The lowest BCUT2D eigenvalue weighted by molar-refractivity contribution is -0.136. The first kappa shape index (κ1) is 15.5. The van der Waals surface area contributed by atoms with Crippen LogP contribution in [0.15, 0.2) is 24.3 Å². The highest BCUT2D eigenvalue weighted by molar-refractivity contribution is 7.15. The average Bonchev–Trinajstić information content (AvgIpc) is 2.89. The third-order valence-electron chi connectivity index (χ3n) is 3.18. The second-order valence-electron chi connectivity index (χ2n) is 5.08. The standard InChI is InChI=1S/C16H19NO3S/c1-10(2)15-13(8-9-14(18)19)21-16(17-15)11-6-4-5-7-12(11)20-3/h4-7,10H,8-9H2,1-3H3,(H,18,19). The van der Waals surface area contributed by atoms with Gasteiger partial charge in [0.15, 0.2) is 0 Å². The molecule has 0 aliphatic heterocycles. The summed E-state index contributed by atoms with van der Waals surface area (Å²) < 4.78 is 5.38. The molecule has 1 aromatic carbocycles. The fourth-order valence-corrected chi connectivity index (χ4v) is 3.40. The van der Waals surface area contributed by atoms with Gasteiger partial charge in [-0.3, -0.25) is 4.79 Å². The molecule has 4 nitrogen and oxygen atoms in total. The van der Waals surface area contributed by atoms with Crippen LogP contribution in [0.25, 0.3) is 10.6 Å². The van der Waals surface area contributed by atoms with E-state index >= 15 is 0 Å². The molecule has 0 bridgehead atoms. The van der Waals surface area contributed by atoms with Gasteiger partial charge in [-0.25, -0.2) is 4.98 Å². The topological polar surface area (TPSA) is 59.4 Å². The number of hydrogen-bond acceptors (Lipinski definition) is 4. The highest BCUT2D eigenvalue weighted by Crippen LogP contribution is 2.36. The number of nitrogens with zero attached hydrogens (tertiary/aromatic N) is 1. The molecule has 21 heavy (non-hydrogen) atoms. The minimum atomic E-state index is -0.781. The van der Waals surface area contributed by atoms with Crippen molar-refractivity contribution in [1.29, 1.82) is 0 Å². The van der Waals surface area contributed by atoms with Gasteiger partial charge in [0.25, 0.3) is 0 Å². The minimum absolute atomic E-state index is 0.132. The quantitative estimate of drug-likeness (QED) is 0.877. The fraction of sp³-hybridized carbons (Fsp3) is 0.375. The largest absolute Gasteiger partial charge is 0.496 e. The summed E-state index contributed by atoms with van der Waals surface area (Å²) in [7, 11) is 1.64. The van der Waals surface area contributed by atoms with Gasteiger partial charge in [0.1, 0.15) is 10.8 Å². The third kappa shape index (κ3) is 3.61. The summed E-state index contributed by atoms with van der Waals surface area (Å²) >= 11 is 1.56. The first-order valence-corrected chi connectivity index (χ1v) is 7.69. The maximum Gasteiger partial charge on any atom is 0.303 e. The van der Waals surface area contributed by atoms with Crippen molar-refractivity contribution in [3.8, 4) is 16.3 Å². The lowest BCUT2D eigenvalue weighted by Crippen LogP contribution is -1.99. The SMILES string of the molecule is COc1ccccc1-c1nc(C(C)C)c(CCC(=O)O)s1. The molecule has 0 unspecified atom stereocenters. The van der Waals surface area contributed by atoms with Crippen molar-refractivity contribution in [2.24, 2.45) is 0 Å². The van der Waals surface area contributed by atoms with Gasteiger partial charge in [0.2, 0.25) is 0 Å². The molecule has 2 rings (SSSR count). The molecular weight excluding hydrogens is 286 g/mol. The highest BCUT2D eigenvalue weighted by atomic mass is 32.1. The van der Waals surface area contributed by atoms with Crippen LogP contribution in [0.5, 0.6) is 5.75 Å². The van der Waals surface area contributed by atoms with Gasteiger partial charge < -0.3 is 9.84 Å². The van der Waals surface area contributed by atoms with Crippen molar-refractivity contribution >= 4 is 17.3 Å². The van der Waals surface area contributed by atoms with Gasteiger partial charge in [-0.2, -0.15) is 0 Å². The van der Waals surface area contributed by atoms with E-state index in [1.165, 1.54) is 0 Å². The van der Waals surface area contributed by atoms with Crippen LogP contribution in [0.4, 0.5) is 0 Å². The van der Waals surface area contributed by atoms with Crippen molar-refractivity contribution < 1.29 is 14.6 Å². The number of carbonyl (C=O) groups is 1. The molecule has 112 valence electrons. The Hall–Kier alpha value is -1.88. The number of rotatable bonds is 6. The summed E-state index contributed by atoms with van der Waals surface area (Å²) in [6, 6.07) is 7.75. The normalized spacial score (nSPS) is 10.9. The number of methoxy groups -OCH3 is 1. The van der Waals surface area contributed by atoms with Crippen molar-refractivity contribution in [3.05, 3.63) is 34.8 Å². The molecule has 1 aromatic heterocycles. The zero-order valence-corrected chi connectivity index (χ0v) is 13.2. The van der Waals surface area contributed by atoms with Crippen LogP contribution in [0.1, 0.15) is 36.8 Å². The van der Waals surface area contributed by atoms with E-state index in [0.29, 0.717) is 6.42 Å². The Morgan fingerprint density at radius 1 is 1.38 bits per heavy atom. The fourth-order valence-electron chi connectivity index (χ4n) is 2.15. The van der Waals surface area contributed by atoms with Crippen LogP contribution in [0, 0.1) is 0 Å². The number of para-hydroxylation sites is 1. The van der Waals surface area contributed by atoms with Gasteiger partial charge in [-0.15, -0.1) is 11.3 Å². The van der Waals surface area contributed by atoms with E-state index in [0.717, 1.165) is 26.9 Å². The molecule has 1 heterocycles. The van der Waals surface area contributed by atoms with Crippen LogP contribution < -0.4 is 4.74 Å². The number of thiazole rings is 1. The Morgan fingerprint density at radius 3 is 2.71 bits per heavy atom. The predicted octanol–water partition coefficient (Wildman–Crippen LogP) is 3.96. The first-order valence-electron chi connectivity index (χ1n) is 6.87. The van der Waals surface area contributed by atoms with E-state index in [4.69, 9.17) is 14.8 Å². The smallest absolute Gasteiger partial charge is 0.303 e.